The van der Waals surface area contributed by atoms with Crippen LogP contribution in [0.25, 0.3) is 6.08 Å². The fourth-order valence-electron chi connectivity index (χ4n) is 3.35. The Bertz CT molecular complexity index is 1540. The third kappa shape index (κ3) is 6.61. The van der Waals surface area contributed by atoms with Crippen LogP contribution in [-0.4, -0.2) is 30.4 Å². The molecule has 0 unspecified atom stereocenters. The zero-order valence-electron chi connectivity index (χ0n) is 19.1. The Hall–Kier alpha value is -3.12. The van der Waals surface area contributed by atoms with Gasteiger partial charge < -0.3 is 9.50 Å². The Morgan fingerprint density at radius 3 is 2.49 bits per heavy atom. The maximum atomic E-state index is 12.8. The summed E-state index contributed by atoms with van der Waals surface area (Å²) in [6.45, 7) is 1.45. The molecule has 1 fully saturated rings. The van der Waals surface area contributed by atoms with Crippen LogP contribution in [0.15, 0.2) is 81.0 Å². The van der Waals surface area contributed by atoms with Crippen LogP contribution in [0.4, 0.5) is 10.5 Å². The molecule has 0 spiro atoms. The molecule has 0 radical (unpaired) electrons. The van der Waals surface area contributed by atoms with Crippen molar-refractivity contribution in [3.05, 3.63) is 92.3 Å². The number of anilines is 1. The van der Waals surface area contributed by atoms with Gasteiger partial charge in [-0.15, -0.1) is 0 Å². The molecular weight excluding hydrogens is 604 g/mol. The van der Waals surface area contributed by atoms with Crippen molar-refractivity contribution in [2.75, 3.05) is 5.32 Å². The van der Waals surface area contributed by atoms with Crippen molar-refractivity contribution in [2.45, 2.75) is 18.4 Å². The molecule has 0 atom stereocenters. The second-order valence-electron chi connectivity index (χ2n) is 7.83. The number of imide groups is 1. The summed E-state index contributed by atoms with van der Waals surface area (Å²) in [5, 5.41) is 2.67. The van der Waals surface area contributed by atoms with Crippen LogP contribution >= 0.6 is 39.3 Å². The van der Waals surface area contributed by atoms with Crippen LogP contribution < -0.4 is 9.50 Å². The van der Waals surface area contributed by atoms with Gasteiger partial charge in [-0.05, 0) is 93.4 Å². The first kappa shape index (κ1) is 26.9. The molecule has 3 aromatic rings. The van der Waals surface area contributed by atoms with Crippen LogP contribution in [0.2, 0.25) is 5.02 Å². The lowest BCUT2D eigenvalue weighted by Crippen LogP contribution is -2.27. The molecule has 1 aliphatic heterocycles. The maximum Gasteiger partial charge on any atom is 0.339 e. The fourth-order valence-corrected chi connectivity index (χ4v) is 5.94. The van der Waals surface area contributed by atoms with E-state index in [2.05, 4.69) is 21.2 Å². The molecule has 4 rings (SSSR count). The molecule has 0 aromatic heterocycles. The molecule has 1 saturated heterocycles. The quantitative estimate of drug-likeness (QED) is 0.252. The first-order chi connectivity index (χ1) is 17.5. The molecule has 12 heteroatoms. The summed E-state index contributed by atoms with van der Waals surface area (Å²) < 4.78 is 31.0. The van der Waals surface area contributed by atoms with Crippen molar-refractivity contribution < 1.29 is 27.0 Å². The lowest BCUT2D eigenvalue weighted by Gasteiger charge is -2.12. The predicted octanol–water partition coefficient (Wildman–Crippen LogP) is 6.07. The Morgan fingerprint density at radius 1 is 1.11 bits per heavy atom. The van der Waals surface area contributed by atoms with E-state index in [9.17, 15) is 22.8 Å². The normalized spacial score (nSPS) is 14.8. The minimum Gasteiger partial charge on any atom is -0.378 e. The summed E-state index contributed by atoms with van der Waals surface area (Å²) in [5.41, 5.74) is 1.74. The zero-order valence-corrected chi connectivity index (χ0v) is 23.1. The van der Waals surface area contributed by atoms with Gasteiger partial charge in [-0.2, -0.15) is 8.42 Å². The first-order valence-corrected chi connectivity index (χ1v) is 14.0. The van der Waals surface area contributed by atoms with E-state index in [4.69, 9.17) is 15.8 Å². The number of carbonyl (C=O) groups excluding carboxylic acids is 3. The third-order valence-electron chi connectivity index (χ3n) is 5.02. The highest BCUT2D eigenvalue weighted by Gasteiger charge is 2.35. The van der Waals surface area contributed by atoms with E-state index in [-0.39, 0.29) is 28.0 Å². The Kier molecular flexibility index (Phi) is 8.08. The Balaban J connectivity index is 1.48. The Labute approximate surface area is 230 Å². The van der Waals surface area contributed by atoms with E-state index in [1.54, 1.807) is 42.5 Å². The summed E-state index contributed by atoms with van der Waals surface area (Å²) in [5.74, 6) is -0.671. The number of benzene rings is 3. The SMILES string of the molecule is CC(=O)Nc1ccc(S(=O)(=O)Oc2ccc(/C=C3\SC(=O)N(Cc4cccc(Cl)c4)C3=O)cc2Br)cc1. The molecule has 8 nitrogen and oxygen atoms in total. The number of amides is 3. The van der Waals surface area contributed by atoms with Crippen molar-refractivity contribution in [2.24, 2.45) is 0 Å². The number of halogens is 2. The van der Waals surface area contributed by atoms with Crippen molar-refractivity contribution >= 4 is 78.2 Å². The number of hydrogen-bond donors (Lipinski definition) is 1. The molecule has 1 aliphatic rings. The minimum atomic E-state index is -4.15. The molecule has 190 valence electrons. The number of thioether (sulfide) groups is 1. The average molecular weight is 622 g/mol. The van der Waals surface area contributed by atoms with Gasteiger partial charge in [0.2, 0.25) is 5.91 Å². The van der Waals surface area contributed by atoms with Gasteiger partial charge in [-0.3, -0.25) is 19.3 Å². The van der Waals surface area contributed by atoms with Crippen LogP contribution in [-0.2, 0) is 26.3 Å². The number of rotatable bonds is 7. The third-order valence-corrected chi connectivity index (χ3v) is 8.03. The molecule has 0 bridgehead atoms. The van der Waals surface area contributed by atoms with Crippen molar-refractivity contribution in [3.8, 4) is 5.75 Å². The lowest BCUT2D eigenvalue weighted by atomic mass is 10.2. The van der Waals surface area contributed by atoms with E-state index in [1.165, 1.54) is 37.3 Å². The first-order valence-electron chi connectivity index (χ1n) is 10.6. The Morgan fingerprint density at radius 2 is 1.84 bits per heavy atom. The zero-order chi connectivity index (χ0) is 26.7. The topological polar surface area (TPSA) is 110 Å². The smallest absolute Gasteiger partial charge is 0.339 e. The molecule has 37 heavy (non-hydrogen) atoms. The van der Waals surface area contributed by atoms with Crippen LogP contribution in [0.1, 0.15) is 18.1 Å². The monoisotopic (exact) mass is 620 g/mol. The van der Waals surface area contributed by atoms with E-state index in [0.717, 1.165) is 22.2 Å². The summed E-state index contributed by atoms with van der Waals surface area (Å²) in [7, 11) is -4.15. The summed E-state index contributed by atoms with van der Waals surface area (Å²) in [6, 6.07) is 17.1. The second kappa shape index (κ2) is 11.1. The van der Waals surface area contributed by atoms with Crippen molar-refractivity contribution in [1.82, 2.24) is 4.90 Å². The fraction of sp³-hybridized carbons (Fsp3) is 0.0800. The number of nitrogens with one attached hydrogen (secondary N) is 1. The van der Waals surface area contributed by atoms with Crippen LogP contribution in [0.3, 0.4) is 0 Å². The highest BCUT2D eigenvalue weighted by molar-refractivity contribution is 9.10. The van der Waals surface area contributed by atoms with E-state index < -0.39 is 21.3 Å². The molecule has 3 amide bonds. The maximum absolute atomic E-state index is 12.8. The summed E-state index contributed by atoms with van der Waals surface area (Å²) >= 11 is 10.1. The molecule has 1 heterocycles. The highest BCUT2D eigenvalue weighted by atomic mass is 79.9. The predicted molar refractivity (Wildman–Crippen MR) is 146 cm³/mol. The molecule has 0 aliphatic carbocycles. The summed E-state index contributed by atoms with van der Waals surface area (Å²) in [6.07, 6.45) is 1.55. The van der Waals surface area contributed by atoms with Gasteiger partial charge in [0.15, 0.2) is 5.75 Å². The lowest BCUT2D eigenvalue weighted by molar-refractivity contribution is -0.123. The van der Waals surface area contributed by atoms with Crippen LogP contribution in [0.5, 0.6) is 5.75 Å². The number of carbonyl (C=O) groups is 3. The summed E-state index contributed by atoms with van der Waals surface area (Å²) in [4.78, 5) is 37.7. The van der Waals surface area contributed by atoms with Gasteiger partial charge in [-0.1, -0.05) is 29.8 Å². The van der Waals surface area contributed by atoms with E-state index in [1.807, 2.05) is 0 Å². The standard InChI is InChI=1S/C25H18BrClN2O6S2/c1-15(30)28-19-6-8-20(9-7-19)37(33,34)35-22-10-5-16(12-21(22)26)13-23-24(31)29(25(32)36-23)14-17-3-2-4-18(27)11-17/h2-13H,14H2,1H3,(H,28,30)/b23-13-. The van der Waals surface area contributed by atoms with Crippen molar-refractivity contribution in [1.29, 1.82) is 0 Å². The van der Waals surface area contributed by atoms with Crippen molar-refractivity contribution in [3.63, 3.8) is 0 Å². The van der Waals surface area contributed by atoms with Gasteiger partial charge in [0.1, 0.15) is 4.90 Å². The van der Waals surface area contributed by atoms with Gasteiger partial charge in [0.25, 0.3) is 11.1 Å². The molecule has 0 saturated carbocycles. The second-order valence-corrected chi connectivity index (χ2v) is 11.7. The van der Waals surface area contributed by atoms with E-state index in [0.29, 0.717) is 20.7 Å². The highest BCUT2D eigenvalue weighted by Crippen LogP contribution is 2.35. The largest absolute Gasteiger partial charge is 0.378 e. The molecule has 1 N–H and O–H groups in total. The number of hydrogen-bond acceptors (Lipinski definition) is 7. The van der Waals surface area contributed by atoms with E-state index >= 15 is 0 Å². The van der Waals surface area contributed by atoms with Crippen LogP contribution in [0, 0.1) is 0 Å². The number of nitrogens with zero attached hydrogens (tertiary/aromatic N) is 1. The van der Waals surface area contributed by atoms with Gasteiger partial charge in [0, 0.05) is 17.6 Å². The minimum absolute atomic E-state index is 0.0390. The molecule has 3 aromatic carbocycles. The van der Waals surface area contributed by atoms with Gasteiger partial charge in [-0.25, -0.2) is 0 Å². The molecular formula is C25H18BrClN2O6S2. The average Bonchev–Trinajstić information content (AvgIpc) is 3.08. The van der Waals surface area contributed by atoms with Gasteiger partial charge in [0.05, 0.1) is 15.9 Å². The van der Waals surface area contributed by atoms with Gasteiger partial charge >= 0.3 is 10.1 Å².